The summed E-state index contributed by atoms with van der Waals surface area (Å²) in [5.74, 6) is 0.00619. The molecule has 3 atom stereocenters. The van der Waals surface area contributed by atoms with E-state index < -0.39 is 5.38 Å². The summed E-state index contributed by atoms with van der Waals surface area (Å²) >= 11 is 5.83. The molecule has 1 amide bonds. The second-order valence-corrected chi connectivity index (χ2v) is 5.66. The van der Waals surface area contributed by atoms with Gasteiger partial charge in [0.1, 0.15) is 5.38 Å². The highest BCUT2D eigenvalue weighted by molar-refractivity contribution is 6.30. The first-order valence-electron chi connectivity index (χ1n) is 6.16. The lowest BCUT2D eigenvalue weighted by Gasteiger charge is -2.37. The Morgan fingerprint density at radius 2 is 2.41 bits per heavy atom. The number of methoxy groups -OCH3 is 1. The van der Waals surface area contributed by atoms with Gasteiger partial charge in [-0.1, -0.05) is 0 Å². The Balaban J connectivity index is 1.98. The standard InChI is InChI=1S/C12H20ClNO3/c1-9(13)11(15)14-5-4-12(8-14)7-10(16-2)3-6-17-12/h9-10H,3-8H2,1-2H3/t9-,10+,12-/m0/s1. The number of hydrogen-bond acceptors (Lipinski definition) is 3. The van der Waals surface area contributed by atoms with Crippen LogP contribution in [0.3, 0.4) is 0 Å². The van der Waals surface area contributed by atoms with Crippen LogP contribution in [0, 0.1) is 0 Å². The number of nitrogens with zero attached hydrogens (tertiary/aromatic N) is 1. The quantitative estimate of drug-likeness (QED) is 0.706. The van der Waals surface area contributed by atoms with Crippen molar-refractivity contribution in [3.8, 4) is 0 Å². The minimum atomic E-state index is -0.452. The molecule has 0 aromatic rings. The second kappa shape index (κ2) is 5.12. The molecular weight excluding hydrogens is 242 g/mol. The molecule has 2 saturated heterocycles. The lowest BCUT2D eigenvalue weighted by Crippen LogP contribution is -2.46. The minimum absolute atomic E-state index is 0.00619. The molecule has 0 aromatic heterocycles. The van der Waals surface area contributed by atoms with Crippen LogP contribution < -0.4 is 0 Å². The van der Waals surface area contributed by atoms with Crippen LogP contribution in [0.4, 0.5) is 0 Å². The van der Waals surface area contributed by atoms with E-state index in [1.54, 1.807) is 14.0 Å². The highest BCUT2D eigenvalue weighted by Gasteiger charge is 2.45. The minimum Gasteiger partial charge on any atom is -0.381 e. The number of halogens is 1. The highest BCUT2D eigenvalue weighted by atomic mass is 35.5. The maximum atomic E-state index is 11.8. The van der Waals surface area contributed by atoms with Gasteiger partial charge >= 0.3 is 0 Å². The Labute approximate surface area is 107 Å². The molecule has 0 bridgehead atoms. The van der Waals surface area contributed by atoms with E-state index in [-0.39, 0.29) is 17.6 Å². The molecule has 2 fully saturated rings. The van der Waals surface area contributed by atoms with E-state index in [9.17, 15) is 4.79 Å². The zero-order valence-electron chi connectivity index (χ0n) is 10.4. The molecule has 2 heterocycles. The fourth-order valence-corrected chi connectivity index (χ4v) is 2.89. The first kappa shape index (κ1) is 13.1. The molecule has 17 heavy (non-hydrogen) atoms. The van der Waals surface area contributed by atoms with E-state index in [1.165, 1.54) is 0 Å². The third kappa shape index (κ3) is 2.75. The zero-order chi connectivity index (χ0) is 12.5. The van der Waals surface area contributed by atoms with Gasteiger partial charge in [-0.05, 0) is 19.8 Å². The number of ether oxygens (including phenoxy) is 2. The fourth-order valence-electron chi connectivity index (χ4n) is 2.75. The molecule has 2 aliphatic rings. The molecule has 1 spiro atoms. The summed E-state index contributed by atoms with van der Waals surface area (Å²) in [5, 5.41) is -0.452. The van der Waals surface area contributed by atoms with Crippen LogP contribution in [-0.2, 0) is 14.3 Å². The maximum absolute atomic E-state index is 11.8. The van der Waals surface area contributed by atoms with Gasteiger partial charge in [0.05, 0.1) is 11.7 Å². The SMILES string of the molecule is CO[C@@H]1CCO[C@@]2(CCN(C(=O)[C@H](C)Cl)C2)C1. The Bertz CT molecular complexity index is 297. The lowest BCUT2D eigenvalue weighted by molar-refractivity contribution is -0.136. The molecule has 2 aliphatic heterocycles. The van der Waals surface area contributed by atoms with Crippen molar-refractivity contribution in [3.63, 3.8) is 0 Å². The predicted molar refractivity (Wildman–Crippen MR) is 65.2 cm³/mol. The van der Waals surface area contributed by atoms with E-state index in [1.807, 2.05) is 4.90 Å². The van der Waals surface area contributed by atoms with Crippen molar-refractivity contribution in [1.82, 2.24) is 4.90 Å². The Kier molecular flexibility index (Phi) is 3.95. The topological polar surface area (TPSA) is 38.8 Å². The van der Waals surface area contributed by atoms with Gasteiger partial charge in [-0.2, -0.15) is 0 Å². The number of rotatable bonds is 2. The van der Waals surface area contributed by atoms with Gasteiger partial charge in [0.15, 0.2) is 0 Å². The predicted octanol–water partition coefficient (Wildman–Crippen LogP) is 1.41. The molecule has 0 aromatic carbocycles. The van der Waals surface area contributed by atoms with Crippen molar-refractivity contribution in [3.05, 3.63) is 0 Å². The summed E-state index contributed by atoms with van der Waals surface area (Å²) in [6.45, 7) is 3.83. The first-order valence-corrected chi connectivity index (χ1v) is 6.59. The largest absolute Gasteiger partial charge is 0.381 e. The summed E-state index contributed by atoms with van der Waals surface area (Å²) in [6, 6.07) is 0. The molecule has 0 saturated carbocycles. The molecule has 0 aliphatic carbocycles. The van der Waals surface area contributed by atoms with Crippen molar-refractivity contribution >= 4 is 17.5 Å². The maximum Gasteiger partial charge on any atom is 0.240 e. The molecule has 0 N–H and O–H groups in total. The average molecular weight is 262 g/mol. The van der Waals surface area contributed by atoms with Crippen molar-refractivity contribution in [2.24, 2.45) is 0 Å². The average Bonchev–Trinajstić information content (AvgIpc) is 2.71. The zero-order valence-corrected chi connectivity index (χ0v) is 11.2. The number of likely N-dealkylation sites (tertiary alicyclic amines) is 1. The molecule has 5 heteroatoms. The van der Waals surface area contributed by atoms with Crippen LogP contribution in [0.15, 0.2) is 0 Å². The normalized spacial score (nSPS) is 35.2. The van der Waals surface area contributed by atoms with Gasteiger partial charge in [-0.15, -0.1) is 11.6 Å². The number of carbonyl (C=O) groups is 1. The second-order valence-electron chi connectivity index (χ2n) is 5.01. The number of hydrogen-bond donors (Lipinski definition) is 0. The number of alkyl halides is 1. The summed E-state index contributed by atoms with van der Waals surface area (Å²) in [4.78, 5) is 13.6. The van der Waals surface area contributed by atoms with Crippen molar-refractivity contribution in [1.29, 1.82) is 0 Å². The fraction of sp³-hybridized carbons (Fsp3) is 0.917. The van der Waals surface area contributed by atoms with Gasteiger partial charge in [0.25, 0.3) is 0 Å². The monoisotopic (exact) mass is 261 g/mol. The van der Waals surface area contributed by atoms with Crippen LogP contribution in [0.2, 0.25) is 0 Å². The van der Waals surface area contributed by atoms with Gasteiger partial charge in [-0.3, -0.25) is 4.79 Å². The van der Waals surface area contributed by atoms with Gasteiger partial charge in [0.2, 0.25) is 5.91 Å². The third-order valence-electron chi connectivity index (χ3n) is 3.75. The summed E-state index contributed by atoms with van der Waals surface area (Å²) < 4.78 is 11.3. The lowest BCUT2D eigenvalue weighted by atomic mass is 9.91. The van der Waals surface area contributed by atoms with E-state index >= 15 is 0 Å². The number of carbonyl (C=O) groups excluding carboxylic acids is 1. The van der Waals surface area contributed by atoms with Crippen molar-refractivity contribution in [2.75, 3.05) is 26.8 Å². The molecule has 98 valence electrons. The molecule has 4 nitrogen and oxygen atoms in total. The highest BCUT2D eigenvalue weighted by Crippen LogP contribution is 2.35. The van der Waals surface area contributed by atoms with Crippen LogP contribution >= 0.6 is 11.6 Å². The van der Waals surface area contributed by atoms with Gasteiger partial charge in [-0.25, -0.2) is 0 Å². The van der Waals surface area contributed by atoms with Crippen molar-refractivity contribution < 1.29 is 14.3 Å². The smallest absolute Gasteiger partial charge is 0.240 e. The van der Waals surface area contributed by atoms with Crippen LogP contribution in [0.5, 0.6) is 0 Å². The van der Waals surface area contributed by atoms with E-state index in [0.717, 1.165) is 32.4 Å². The van der Waals surface area contributed by atoms with Crippen LogP contribution in [0.1, 0.15) is 26.2 Å². The Hall–Kier alpha value is -0.320. The van der Waals surface area contributed by atoms with E-state index in [2.05, 4.69) is 0 Å². The number of amides is 1. The molecule has 2 rings (SSSR count). The summed E-state index contributed by atoms with van der Waals surface area (Å²) in [6.07, 6.45) is 2.97. The summed E-state index contributed by atoms with van der Waals surface area (Å²) in [5.41, 5.74) is -0.194. The van der Waals surface area contributed by atoms with Gasteiger partial charge in [0, 0.05) is 33.2 Å². The summed E-state index contributed by atoms with van der Waals surface area (Å²) in [7, 11) is 1.74. The molecular formula is C12H20ClNO3. The third-order valence-corrected chi connectivity index (χ3v) is 3.94. The first-order chi connectivity index (χ1) is 8.06. The molecule has 0 radical (unpaired) electrons. The van der Waals surface area contributed by atoms with Gasteiger partial charge < -0.3 is 14.4 Å². The van der Waals surface area contributed by atoms with E-state index in [4.69, 9.17) is 21.1 Å². The van der Waals surface area contributed by atoms with Crippen LogP contribution in [-0.4, -0.2) is 54.7 Å². The van der Waals surface area contributed by atoms with Crippen molar-refractivity contribution in [2.45, 2.75) is 43.3 Å². The van der Waals surface area contributed by atoms with Crippen LogP contribution in [0.25, 0.3) is 0 Å². The van der Waals surface area contributed by atoms with E-state index in [0.29, 0.717) is 6.54 Å². The molecule has 0 unspecified atom stereocenters. The Morgan fingerprint density at radius 3 is 3.06 bits per heavy atom. The Morgan fingerprint density at radius 1 is 1.65 bits per heavy atom.